The summed E-state index contributed by atoms with van der Waals surface area (Å²) in [5.74, 6) is 0. The topological polar surface area (TPSA) is 92.1 Å². The highest BCUT2D eigenvalue weighted by Crippen LogP contribution is 2.44. The third-order valence-electron chi connectivity index (χ3n) is 25.8. The summed E-state index contributed by atoms with van der Waals surface area (Å²) in [5.41, 5.74) is 39.5. The Morgan fingerprint density at radius 2 is 0.281 bits per heavy atom. The quantitative estimate of drug-likeness (QED) is 0.108. The van der Waals surface area contributed by atoms with Crippen LogP contribution in [0.3, 0.4) is 0 Å². The van der Waals surface area contributed by atoms with Crippen molar-refractivity contribution in [1.82, 2.24) is 43.6 Å². The molecule has 6 heterocycles. The van der Waals surface area contributed by atoms with Gasteiger partial charge in [-0.2, -0.15) is 0 Å². The molecule has 0 aliphatic carbocycles. The Morgan fingerprint density at radius 1 is 0.111 bits per heavy atom. The van der Waals surface area contributed by atoms with E-state index in [0.717, 1.165) is 118 Å². The first-order valence-electron chi connectivity index (χ1n) is 45.7. The van der Waals surface area contributed by atoms with Crippen LogP contribution in [0.15, 0.2) is 504 Å². The van der Waals surface area contributed by atoms with Gasteiger partial charge in [0.15, 0.2) is 0 Å². The minimum atomic E-state index is 0.881. The molecule has 0 saturated heterocycles. The molecule has 20 aromatic carbocycles. The largest absolute Gasteiger partial charge is 0.309 e. The van der Waals surface area contributed by atoms with E-state index in [-0.39, 0.29) is 0 Å². The van der Waals surface area contributed by atoms with E-state index in [1.807, 2.05) is 127 Å². The molecule has 0 atom stereocenters. The van der Waals surface area contributed by atoms with E-state index >= 15 is 0 Å². The number of para-hydroxylation sites is 9. The maximum atomic E-state index is 5.11. The highest BCUT2D eigenvalue weighted by Gasteiger charge is 2.23. The Balaban J connectivity index is 0.000000111. The molecule has 0 unspecified atom stereocenters. The lowest BCUT2D eigenvalue weighted by molar-refractivity contribution is 1.18. The number of benzene rings is 20. The molecule has 9 nitrogen and oxygen atoms in total. The number of hydrogen-bond acceptors (Lipinski definition) is 6. The number of aromatic nitrogens is 9. The zero-order valence-electron chi connectivity index (χ0n) is 73.4. The second kappa shape index (κ2) is 35.0. The van der Waals surface area contributed by atoms with Gasteiger partial charge in [-0.05, 0) is 189 Å². The van der Waals surface area contributed by atoms with Crippen LogP contribution >= 0.6 is 0 Å². The minimum Gasteiger partial charge on any atom is -0.309 e. The van der Waals surface area contributed by atoms with Crippen LogP contribution in [0.4, 0.5) is 0 Å². The fourth-order valence-corrected chi connectivity index (χ4v) is 19.2. The second-order valence-electron chi connectivity index (χ2n) is 34.0. The van der Waals surface area contributed by atoms with Crippen molar-refractivity contribution >= 4 is 98.5 Å². The van der Waals surface area contributed by atoms with Gasteiger partial charge in [0.05, 0.1) is 100 Å². The van der Waals surface area contributed by atoms with Crippen LogP contribution in [0.2, 0.25) is 0 Å². The van der Waals surface area contributed by atoms with Crippen LogP contribution < -0.4 is 0 Å². The first-order valence-corrected chi connectivity index (χ1v) is 45.7. The van der Waals surface area contributed by atoms with Crippen LogP contribution in [-0.2, 0) is 0 Å². The Kier molecular flexibility index (Phi) is 20.8. The molecule has 632 valence electrons. The lowest BCUT2D eigenvalue weighted by Crippen LogP contribution is -1.97. The molecule has 0 fully saturated rings. The number of hydrogen-bond donors (Lipinski definition) is 0. The summed E-state index contributed by atoms with van der Waals surface area (Å²) in [7, 11) is 0. The lowest BCUT2D eigenvalue weighted by atomic mass is 9.98. The van der Waals surface area contributed by atoms with Gasteiger partial charge in [-0.1, -0.05) is 370 Å². The molecule has 0 aliphatic heterocycles. The van der Waals surface area contributed by atoms with E-state index in [1.54, 1.807) is 0 Å². The summed E-state index contributed by atoms with van der Waals surface area (Å²) < 4.78 is 7.08. The van der Waals surface area contributed by atoms with Crippen LogP contribution in [0.5, 0.6) is 0 Å². The summed E-state index contributed by atoms with van der Waals surface area (Å²) >= 11 is 0. The third-order valence-corrected chi connectivity index (χ3v) is 25.8. The highest BCUT2D eigenvalue weighted by atomic mass is 15.0. The van der Waals surface area contributed by atoms with E-state index < -0.39 is 0 Å². The van der Waals surface area contributed by atoms with Gasteiger partial charge < -0.3 is 13.7 Å². The van der Waals surface area contributed by atoms with E-state index in [1.165, 1.54) is 121 Å². The van der Waals surface area contributed by atoms with Gasteiger partial charge in [-0.25, -0.2) is 29.9 Å². The van der Waals surface area contributed by atoms with Crippen molar-refractivity contribution in [2.75, 3.05) is 0 Å². The summed E-state index contributed by atoms with van der Waals surface area (Å²) in [4.78, 5) is 30.5. The molecular formula is C126H83N9. The van der Waals surface area contributed by atoms with Crippen molar-refractivity contribution in [3.05, 3.63) is 504 Å². The minimum absolute atomic E-state index is 0.881. The van der Waals surface area contributed by atoms with Crippen molar-refractivity contribution < 1.29 is 0 Å². The molecule has 0 amide bonds. The SMILES string of the molecule is c1ccc(-c2ccc(-c3ccc4c(c3)c3ccccc3n4-c3ccc(-c4nc5ccccc5nc4-c4ccccc4)cc3)cc2)cc1.c1ccc(-c2ccc3c(c2)c2ccccc2n3-c2ccc(-c3nc4ccccc4nc3-c3ccccc3)cc2)cc1.c1ccc(-c2cccc(-c3ccc4c(c3)c3ccccc3n4-c3ccc(-c4nc5ccccc5nc4-c4ccccc4)cc3)c2)cc1. The van der Waals surface area contributed by atoms with E-state index in [9.17, 15) is 0 Å². The Bertz CT molecular complexity index is 8910. The standard InChI is InChI=1S/2C44H29N3.C38H25N3/c1-3-12-30(13-4-1)33-16-11-17-34(28-33)35-24-27-42-38(29-35)37-18-7-10-21-41(37)47(42)36-25-22-32(23-26-36)44-43(31-14-5-2-6-15-31)45-39-19-8-9-20-40(39)46-44;1-3-11-30(12-4-1)31-19-21-32(22-20-31)35-25-28-42-38(29-35)37-15-7-10-18-41(37)47(42)36-26-23-34(24-27-36)44-43(33-13-5-2-6-14-33)45-39-16-8-9-17-40(39)46-44;1-3-11-26(12-4-1)29-21-24-36-32(25-29)31-15-7-10-18-35(31)41(36)30-22-19-28(20-23-30)38-37(27-13-5-2-6-14-27)39-33-16-8-9-17-34(33)40-38/h2*1-29H;1-25H. The monoisotopic (exact) mass is 1720 g/mol. The fourth-order valence-electron chi connectivity index (χ4n) is 19.2. The van der Waals surface area contributed by atoms with Crippen LogP contribution in [0.1, 0.15) is 0 Å². The molecule has 0 spiro atoms. The zero-order chi connectivity index (χ0) is 89.5. The van der Waals surface area contributed by atoms with Gasteiger partial charge in [0.2, 0.25) is 0 Å². The number of rotatable bonds is 14. The van der Waals surface area contributed by atoms with Crippen molar-refractivity contribution in [3.8, 4) is 140 Å². The molecular weight excluding hydrogens is 1640 g/mol. The predicted octanol–water partition coefficient (Wildman–Crippen LogP) is 32.5. The summed E-state index contributed by atoms with van der Waals surface area (Å²) in [6.45, 7) is 0. The van der Waals surface area contributed by atoms with Crippen LogP contribution in [-0.4, -0.2) is 43.6 Å². The molecule has 9 heteroatoms. The highest BCUT2D eigenvalue weighted by molar-refractivity contribution is 6.13. The maximum Gasteiger partial charge on any atom is 0.0973 e. The molecule has 0 aliphatic rings. The number of nitrogens with zero attached hydrogens (tertiary/aromatic N) is 9. The average molecular weight is 1720 g/mol. The molecule has 135 heavy (non-hydrogen) atoms. The van der Waals surface area contributed by atoms with Crippen molar-refractivity contribution in [3.63, 3.8) is 0 Å². The average Bonchev–Trinajstić information content (AvgIpc) is 1.59. The molecule has 6 aromatic heterocycles. The zero-order valence-corrected chi connectivity index (χ0v) is 73.4. The smallest absolute Gasteiger partial charge is 0.0973 e. The molecule has 0 saturated carbocycles. The van der Waals surface area contributed by atoms with Gasteiger partial charge >= 0.3 is 0 Å². The summed E-state index contributed by atoms with van der Waals surface area (Å²) in [5, 5.41) is 7.44. The van der Waals surface area contributed by atoms with Gasteiger partial charge in [0, 0.05) is 82.8 Å². The first kappa shape index (κ1) is 80.2. The molecule has 0 radical (unpaired) electrons. The summed E-state index contributed by atoms with van der Waals surface area (Å²) in [6, 6.07) is 177. The van der Waals surface area contributed by atoms with Crippen LogP contribution in [0.25, 0.3) is 239 Å². The van der Waals surface area contributed by atoms with Gasteiger partial charge in [0.1, 0.15) is 0 Å². The molecule has 26 rings (SSSR count). The maximum absolute atomic E-state index is 5.11. The van der Waals surface area contributed by atoms with Gasteiger partial charge in [0.25, 0.3) is 0 Å². The molecule has 0 N–H and O–H groups in total. The second-order valence-corrected chi connectivity index (χ2v) is 34.0. The molecule has 26 aromatic rings. The van der Waals surface area contributed by atoms with Gasteiger partial charge in [-0.15, -0.1) is 0 Å². The summed E-state index contributed by atoms with van der Waals surface area (Å²) in [6.07, 6.45) is 0. The predicted molar refractivity (Wildman–Crippen MR) is 561 cm³/mol. The third kappa shape index (κ3) is 15.3. The Hall–Kier alpha value is -18.2. The number of fused-ring (bicyclic) bond motifs is 12. The Morgan fingerprint density at radius 3 is 0.563 bits per heavy atom. The first-order chi connectivity index (χ1) is 66.9. The fraction of sp³-hybridized carbons (Fsp3) is 0. The van der Waals surface area contributed by atoms with Crippen LogP contribution in [0, 0.1) is 0 Å². The van der Waals surface area contributed by atoms with Crippen molar-refractivity contribution in [2.24, 2.45) is 0 Å². The van der Waals surface area contributed by atoms with Gasteiger partial charge in [-0.3, -0.25) is 0 Å². The lowest BCUT2D eigenvalue weighted by Gasteiger charge is -2.12. The van der Waals surface area contributed by atoms with E-state index in [4.69, 9.17) is 29.9 Å². The normalized spacial score (nSPS) is 11.4. The van der Waals surface area contributed by atoms with E-state index in [2.05, 4.69) is 390 Å². The molecule has 0 bridgehead atoms. The van der Waals surface area contributed by atoms with Crippen molar-refractivity contribution in [2.45, 2.75) is 0 Å². The Labute approximate surface area is 780 Å². The van der Waals surface area contributed by atoms with E-state index in [0.29, 0.717) is 0 Å². The van der Waals surface area contributed by atoms with Crippen molar-refractivity contribution in [1.29, 1.82) is 0 Å².